The molecule has 2 aromatic rings. The molecule has 0 aromatic heterocycles. The van der Waals surface area contributed by atoms with E-state index >= 15 is 0 Å². The normalized spacial score (nSPS) is 10.2. The molecular formula is C15H13BrClNO3. The van der Waals surface area contributed by atoms with Crippen LogP contribution in [0.15, 0.2) is 53.0 Å². The number of carbonyl (C=O) groups excluding carboxylic acids is 1. The Balaban J connectivity index is 1.72. The van der Waals surface area contributed by atoms with Crippen molar-refractivity contribution in [1.82, 2.24) is 5.48 Å². The quantitative estimate of drug-likeness (QED) is 0.621. The van der Waals surface area contributed by atoms with E-state index in [-0.39, 0.29) is 12.5 Å². The van der Waals surface area contributed by atoms with Crippen LogP contribution in [-0.2, 0) is 4.84 Å². The molecule has 0 unspecified atom stereocenters. The van der Waals surface area contributed by atoms with E-state index < -0.39 is 0 Å². The molecule has 0 aliphatic carbocycles. The van der Waals surface area contributed by atoms with Gasteiger partial charge in [0.1, 0.15) is 19.0 Å². The molecule has 0 saturated carbocycles. The number of hydrogen-bond acceptors (Lipinski definition) is 3. The highest BCUT2D eigenvalue weighted by atomic mass is 79.9. The molecule has 0 fully saturated rings. The summed E-state index contributed by atoms with van der Waals surface area (Å²) in [4.78, 5) is 16.9. The van der Waals surface area contributed by atoms with Crippen LogP contribution in [0.25, 0.3) is 0 Å². The molecule has 1 N–H and O–H groups in total. The Morgan fingerprint density at radius 1 is 1.14 bits per heavy atom. The number of halogens is 2. The topological polar surface area (TPSA) is 47.6 Å². The maximum Gasteiger partial charge on any atom is 0.274 e. The molecule has 0 radical (unpaired) electrons. The van der Waals surface area contributed by atoms with E-state index in [9.17, 15) is 4.79 Å². The van der Waals surface area contributed by atoms with Crippen LogP contribution in [0.2, 0.25) is 5.02 Å². The monoisotopic (exact) mass is 369 g/mol. The summed E-state index contributed by atoms with van der Waals surface area (Å²) in [5, 5.41) is 0.474. The second-order valence-corrected chi connectivity index (χ2v) is 5.45. The summed E-state index contributed by atoms with van der Waals surface area (Å²) in [6.07, 6.45) is 0. The summed E-state index contributed by atoms with van der Waals surface area (Å²) in [5.74, 6) is 0.393. The van der Waals surface area contributed by atoms with Crippen molar-refractivity contribution in [3.05, 3.63) is 63.6 Å². The zero-order chi connectivity index (χ0) is 15.1. The SMILES string of the molecule is O=C(NOCCOc1ccccc1)c1cc(Cl)cc(Br)c1. The lowest BCUT2D eigenvalue weighted by atomic mass is 10.2. The molecule has 4 nitrogen and oxygen atoms in total. The van der Waals surface area contributed by atoms with E-state index in [0.29, 0.717) is 17.2 Å². The Bertz CT molecular complexity index is 587. The van der Waals surface area contributed by atoms with Crippen LogP contribution >= 0.6 is 27.5 Å². The van der Waals surface area contributed by atoms with E-state index in [4.69, 9.17) is 21.2 Å². The average Bonchev–Trinajstić information content (AvgIpc) is 2.47. The predicted molar refractivity (Wildman–Crippen MR) is 84.5 cm³/mol. The van der Waals surface area contributed by atoms with Gasteiger partial charge in [0, 0.05) is 15.1 Å². The molecule has 0 aliphatic heterocycles. The molecule has 0 atom stereocenters. The van der Waals surface area contributed by atoms with Gasteiger partial charge in [-0.25, -0.2) is 5.48 Å². The van der Waals surface area contributed by atoms with Gasteiger partial charge in [0.2, 0.25) is 0 Å². The van der Waals surface area contributed by atoms with Crippen LogP contribution in [0, 0.1) is 0 Å². The van der Waals surface area contributed by atoms with Crippen LogP contribution in [0.5, 0.6) is 5.75 Å². The third-order valence-corrected chi connectivity index (χ3v) is 3.16. The molecular weight excluding hydrogens is 358 g/mol. The average molecular weight is 371 g/mol. The third kappa shape index (κ3) is 5.38. The van der Waals surface area contributed by atoms with Crippen LogP contribution in [0.3, 0.4) is 0 Å². The van der Waals surface area contributed by atoms with Crippen molar-refractivity contribution in [3.8, 4) is 5.75 Å². The largest absolute Gasteiger partial charge is 0.491 e. The van der Waals surface area contributed by atoms with Crippen molar-refractivity contribution in [2.75, 3.05) is 13.2 Å². The number of para-hydroxylation sites is 1. The zero-order valence-electron chi connectivity index (χ0n) is 11.0. The first kappa shape index (κ1) is 15.8. The summed E-state index contributed by atoms with van der Waals surface area (Å²) in [5.41, 5.74) is 2.76. The summed E-state index contributed by atoms with van der Waals surface area (Å²) in [6, 6.07) is 14.3. The molecule has 0 saturated heterocycles. The van der Waals surface area contributed by atoms with Gasteiger partial charge < -0.3 is 4.74 Å². The van der Waals surface area contributed by atoms with Crippen LogP contribution < -0.4 is 10.2 Å². The number of hydrogen-bond donors (Lipinski definition) is 1. The van der Waals surface area contributed by atoms with Crippen molar-refractivity contribution < 1.29 is 14.4 Å². The number of carbonyl (C=O) groups is 1. The van der Waals surface area contributed by atoms with Gasteiger partial charge in [-0.1, -0.05) is 45.7 Å². The second kappa shape index (κ2) is 8.02. The lowest BCUT2D eigenvalue weighted by Crippen LogP contribution is -2.26. The minimum atomic E-state index is -0.363. The number of rotatable bonds is 6. The zero-order valence-corrected chi connectivity index (χ0v) is 13.4. The minimum absolute atomic E-state index is 0.238. The van der Waals surface area contributed by atoms with Gasteiger partial charge in [0.25, 0.3) is 5.91 Å². The van der Waals surface area contributed by atoms with Crippen LogP contribution in [-0.4, -0.2) is 19.1 Å². The molecule has 0 spiro atoms. The van der Waals surface area contributed by atoms with E-state index in [1.54, 1.807) is 18.2 Å². The van der Waals surface area contributed by atoms with Crippen molar-refractivity contribution >= 4 is 33.4 Å². The number of ether oxygens (including phenoxy) is 1. The molecule has 2 rings (SSSR count). The predicted octanol–water partition coefficient (Wildman–Crippen LogP) is 3.84. The van der Waals surface area contributed by atoms with Gasteiger partial charge in [-0.2, -0.15) is 0 Å². The summed E-state index contributed by atoms with van der Waals surface area (Å²) < 4.78 is 6.16. The fourth-order valence-electron chi connectivity index (χ4n) is 1.58. The highest BCUT2D eigenvalue weighted by molar-refractivity contribution is 9.10. The number of amides is 1. The molecule has 21 heavy (non-hydrogen) atoms. The Labute approximate surface area is 136 Å². The van der Waals surface area contributed by atoms with Gasteiger partial charge in [-0.3, -0.25) is 9.63 Å². The van der Waals surface area contributed by atoms with Crippen molar-refractivity contribution in [3.63, 3.8) is 0 Å². The van der Waals surface area contributed by atoms with E-state index in [1.807, 2.05) is 30.3 Å². The van der Waals surface area contributed by atoms with Crippen LogP contribution in [0.4, 0.5) is 0 Å². The van der Waals surface area contributed by atoms with Gasteiger partial charge >= 0.3 is 0 Å². The first-order valence-electron chi connectivity index (χ1n) is 6.21. The van der Waals surface area contributed by atoms with Gasteiger partial charge in [0.15, 0.2) is 0 Å². The van der Waals surface area contributed by atoms with Crippen LogP contribution in [0.1, 0.15) is 10.4 Å². The smallest absolute Gasteiger partial charge is 0.274 e. The number of hydroxylamine groups is 1. The Morgan fingerprint density at radius 3 is 2.62 bits per heavy atom. The summed E-state index contributed by atoms with van der Waals surface area (Å²) >= 11 is 9.15. The first-order chi connectivity index (χ1) is 10.1. The first-order valence-corrected chi connectivity index (χ1v) is 7.38. The van der Waals surface area contributed by atoms with E-state index in [2.05, 4.69) is 21.4 Å². The number of benzene rings is 2. The van der Waals surface area contributed by atoms with Crippen molar-refractivity contribution in [2.45, 2.75) is 0 Å². The Morgan fingerprint density at radius 2 is 1.90 bits per heavy atom. The molecule has 6 heteroatoms. The molecule has 0 heterocycles. The van der Waals surface area contributed by atoms with Crippen molar-refractivity contribution in [1.29, 1.82) is 0 Å². The number of nitrogens with one attached hydrogen (secondary N) is 1. The second-order valence-electron chi connectivity index (χ2n) is 4.10. The molecule has 110 valence electrons. The minimum Gasteiger partial charge on any atom is -0.491 e. The highest BCUT2D eigenvalue weighted by Gasteiger charge is 2.07. The summed E-state index contributed by atoms with van der Waals surface area (Å²) in [7, 11) is 0. The van der Waals surface area contributed by atoms with Gasteiger partial charge in [-0.05, 0) is 30.3 Å². The Kier molecular flexibility index (Phi) is 6.04. The Hall–Kier alpha value is -1.56. The lowest BCUT2D eigenvalue weighted by Gasteiger charge is -2.08. The standard InChI is InChI=1S/C15H13BrClNO3/c16-12-8-11(9-13(17)10-12)15(19)18-21-7-6-20-14-4-2-1-3-5-14/h1-5,8-10H,6-7H2,(H,18,19). The fourth-order valence-corrected chi connectivity index (χ4v) is 2.44. The van der Waals surface area contributed by atoms with Gasteiger partial charge in [-0.15, -0.1) is 0 Å². The fraction of sp³-hybridized carbons (Fsp3) is 0.133. The maximum absolute atomic E-state index is 11.8. The molecule has 2 aromatic carbocycles. The van der Waals surface area contributed by atoms with E-state index in [1.165, 1.54) is 0 Å². The van der Waals surface area contributed by atoms with E-state index in [0.717, 1.165) is 10.2 Å². The highest BCUT2D eigenvalue weighted by Crippen LogP contribution is 2.19. The third-order valence-electron chi connectivity index (χ3n) is 2.49. The summed E-state index contributed by atoms with van der Waals surface area (Å²) in [6.45, 7) is 0.575. The molecule has 0 bridgehead atoms. The van der Waals surface area contributed by atoms with Crippen molar-refractivity contribution in [2.24, 2.45) is 0 Å². The van der Waals surface area contributed by atoms with Gasteiger partial charge in [0.05, 0.1) is 0 Å². The maximum atomic E-state index is 11.8. The molecule has 1 amide bonds. The molecule has 0 aliphatic rings. The lowest BCUT2D eigenvalue weighted by molar-refractivity contribution is 0.0200.